The minimum atomic E-state index is -4.60. The number of carbonyl (C=O) groups excluding carboxylic acids is 1. The Bertz CT molecular complexity index is 1320. The van der Waals surface area contributed by atoms with Crippen molar-refractivity contribution in [2.24, 2.45) is 0 Å². The fourth-order valence-corrected chi connectivity index (χ4v) is 12.3. The quantitative estimate of drug-likeness (QED) is 0.0272. The summed E-state index contributed by atoms with van der Waals surface area (Å²) >= 11 is 0. The second-order valence-corrected chi connectivity index (χ2v) is 28.1. The summed E-state index contributed by atoms with van der Waals surface area (Å²) in [6.07, 6.45) is 82.1. The van der Waals surface area contributed by atoms with Crippen LogP contribution in [0.2, 0.25) is 0 Å². The smallest absolute Gasteiger partial charge is 0.268 e. The first-order chi connectivity index (χ1) is 39.5. The average molecular weight is 1170 g/mol. The van der Waals surface area contributed by atoms with Crippen molar-refractivity contribution in [2.75, 3.05) is 40.9 Å². The summed E-state index contributed by atoms with van der Waals surface area (Å²) in [6, 6.07) is -0.884. The molecule has 9 heteroatoms. The molecule has 8 nitrogen and oxygen atoms in total. The van der Waals surface area contributed by atoms with Gasteiger partial charge in [-0.05, 0) is 19.3 Å². The molecule has 0 saturated heterocycles. The van der Waals surface area contributed by atoms with Crippen molar-refractivity contribution in [2.45, 2.75) is 405 Å². The Labute approximate surface area is 507 Å². The summed E-state index contributed by atoms with van der Waals surface area (Å²) in [5.74, 6) is -0.187. The maximum absolute atomic E-state index is 13.0. The summed E-state index contributed by atoms with van der Waals surface area (Å²) in [5, 5.41) is 14.0. The van der Waals surface area contributed by atoms with Gasteiger partial charge in [-0.2, -0.15) is 0 Å². The molecule has 0 radical (unpaired) electrons. The highest BCUT2D eigenvalue weighted by Gasteiger charge is 2.23. The average Bonchev–Trinajstić information content (AvgIpc) is 3.43. The minimum Gasteiger partial charge on any atom is -0.756 e. The molecule has 0 aromatic carbocycles. The number of unbranched alkanes of at least 4 members (excludes halogenated alkanes) is 56. The van der Waals surface area contributed by atoms with Gasteiger partial charge < -0.3 is 28.8 Å². The lowest BCUT2D eigenvalue weighted by molar-refractivity contribution is -0.870. The van der Waals surface area contributed by atoms with Crippen LogP contribution in [0.4, 0.5) is 0 Å². The van der Waals surface area contributed by atoms with Gasteiger partial charge in [0.05, 0.1) is 39.9 Å². The lowest BCUT2D eigenvalue weighted by Crippen LogP contribution is -2.45. The van der Waals surface area contributed by atoms with E-state index >= 15 is 0 Å². The van der Waals surface area contributed by atoms with Crippen molar-refractivity contribution >= 4 is 13.7 Å². The van der Waals surface area contributed by atoms with Gasteiger partial charge in [-0.25, -0.2) is 0 Å². The Balaban J connectivity index is 3.96. The number of aliphatic hydroxyl groups is 1. The van der Waals surface area contributed by atoms with Gasteiger partial charge in [0.15, 0.2) is 0 Å². The normalized spacial score (nSPS) is 13.6. The third-order valence-electron chi connectivity index (χ3n) is 17.2. The molecule has 0 heterocycles. The maximum atomic E-state index is 13.0. The third kappa shape index (κ3) is 66.6. The first-order valence-electron chi connectivity index (χ1n) is 36.6. The fourth-order valence-electron chi connectivity index (χ4n) is 11.6. The molecule has 0 fully saturated rings. The van der Waals surface area contributed by atoms with Gasteiger partial charge in [0.2, 0.25) is 5.91 Å². The number of carbonyl (C=O) groups is 1. The fraction of sp³-hybridized carbons (Fsp3) is 0.958. The Hall–Kier alpha value is -0.760. The summed E-state index contributed by atoms with van der Waals surface area (Å²) in [4.78, 5) is 25.6. The maximum Gasteiger partial charge on any atom is 0.268 e. The van der Waals surface area contributed by atoms with Crippen molar-refractivity contribution in [3.05, 3.63) is 12.2 Å². The Morgan fingerprint density at radius 1 is 0.420 bits per heavy atom. The zero-order valence-corrected chi connectivity index (χ0v) is 56.4. The van der Waals surface area contributed by atoms with E-state index in [-0.39, 0.29) is 19.1 Å². The first kappa shape index (κ1) is 80.2. The summed E-state index contributed by atoms with van der Waals surface area (Å²) in [5.41, 5.74) is 0. The number of allylic oxidation sites excluding steroid dienone is 1. The Morgan fingerprint density at radius 3 is 0.926 bits per heavy atom. The third-order valence-corrected chi connectivity index (χ3v) is 18.2. The first-order valence-corrected chi connectivity index (χ1v) is 38.0. The van der Waals surface area contributed by atoms with Gasteiger partial charge in [0, 0.05) is 6.42 Å². The molecule has 0 saturated carbocycles. The van der Waals surface area contributed by atoms with Crippen molar-refractivity contribution in [3.63, 3.8) is 0 Å². The largest absolute Gasteiger partial charge is 0.756 e. The summed E-state index contributed by atoms with van der Waals surface area (Å²) in [6.45, 7) is 4.73. The molecule has 0 aliphatic carbocycles. The van der Waals surface area contributed by atoms with Crippen molar-refractivity contribution < 1.29 is 32.9 Å². The van der Waals surface area contributed by atoms with Crippen LogP contribution in [0.1, 0.15) is 393 Å². The number of hydrogen-bond donors (Lipinski definition) is 2. The standard InChI is InChI=1S/C72H145N2O6P/c1-6-8-10-12-14-16-18-20-22-24-26-28-30-32-33-34-35-36-37-38-39-40-41-42-44-46-48-50-52-54-56-58-60-62-64-66-72(76)73-70(69-80-81(77,78)79-68-67-74(3,4)5)71(75)65-63-61-59-57-55-53-51-49-47-45-43-31-29-27-25-23-21-19-17-15-13-11-9-7-2/h63,65,70-71,75H,6-62,64,66-69H2,1-5H3,(H-,73,76,77,78)/b65-63+. The summed E-state index contributed by atoms with van der Waals surface area (Å²) in [7, 11) is 1.29. The van der Waals surface area contributed by atoms with Crippen LogP contribution in [0, 0.1) is 0 Å². The molecule has 0 aromatic rings. The highest BCUT2D eigenvalue weighted by molar-refractivity contribution is 7.45. The zero-order chi connectivity index (χ0) is 59.1. The van der Waals surface area contributed by atoms with E-state index in [2.05, 4.69) is 19.2 Å². The van der Waals surface area contributed by atoms with Crippen LogP contribution >= 0.6 is 7.82 Å². The van der Waals surface area contributed by atoms with E-state index in [1.807, 2.05) is 27.2 Å². The predicted octanol–water partition coefficient (Wildman–Crippen LogP) is 22.7. The number of likely N-dealkylation sites (N-methyl/N-ethyl adjacent to an activating group) is 1. The van der Waals surface area contributed by atoms with Crippen LogP contribution in [-0.2, 0) is 18.4 Å². The number of nitrogens with zero attached hydrogens (tertiary/aromatic N) is 1. The van der Waals surface area contributed by atoms with Crippen molar-refractivity contribution in [1.82, 2.24) is 5.32 Å². The van der Waals surface area contributed by atoms with E-state index in [4.69, 9.17) is 9.05 Å². The lowest BCUT2D eigenvalue weighted by Gasteiger charge is -2.29. The molecule has 0 bridgehead atoms. The zero-order valence-electron chi connectivity index (χ0n) is 55.5. The van der Waals surface area contributed by atoms with Crippen LogP contribution < -0.4 is 10.2 Å². The molecule has 0 spiro atoms. The van der Waals surface area contributed by atoms with E-state index < -0.39 is 20.0 Å². The molecule has 484 valence electrons. The lowest BCUT2D eigenvalue weighted by atomic mass is 10.0. The number of nitrogens with one attached hydrogen (secondary N) is 1. The van der Waals surface area contributed by atoms with Gasteiger partial charge in [0.25, 0.3) is 7.82 Å². The number of aliphatic hydroxyl groups excluding tert-OH is 1. The predicted molar refractivity (Wildman–Crippen MR) is 353 cm³/mol. The van der Waals surface area contributed by atoms with E-state index in [1.165, 1.54) is 334 Å². The van der Waals surface area contributed by atoms with Crippen LogP contribution in [-0.4, -0.2) is 68.5 Å². The number of amides is 1. The molecule has 0 aromatic heterocycles. The van der Waals surface area contributed by atoms with Crippen LogP contribution in [0.3, 0.4) is 0 Å². The van der Waals surface area contributed by atoms with E-state index in [1.54, 1.807) is 6.08 Å². The topological polar surface area (TPSA) is 108 Å². The van der Waals surface area contributed by atoms with Gasteiger partial charge in [-0.15, -0.1) is 0 Å². The van der Waals surface area contributed by atoms with Crippen LogP contribution in [0.5, 0.6) is 0 Å². The molecule has 0 aliphatic heterocycles. The number of hydrogen-bond acceptors (Lipinski definition) is 6. The molecule has 0 rings (SSSR count). The van der Waals surface area contributed by atoms with E-state index in [0.29, 0.717) is 17.4 Å². The molecule has 3 unspecified atom stereocenters. The molecule has 0 aliphatic rings. The summed E-state index contributed by atoms with van der Waals surface area (Å²) < 4.78 is 23.5. The minimum absolute atomic E-state index is 0.00302. The second-order valence-electron chi connectivity index (χ2n) is 26.7. The van der Waals surface area contributed by atoms with Crippen molar-refractivity contribution in [3.8, 4) is 0 Å². The number of quaternary nitrogens is 1. The highest BCUT2D eigenvalue weighted by Crippen LogP contribution is 2.38. The number of phosphoric acid groups is 1. The van der Waals surface area contributed by atoms with Gasteiger partial charge in [-0.3, -0.25) is 9.36 Å². The number of rotatable bonds is 69. The molecule has 3 atom stereocenters. The molecule has 81 heavy (non-hydrogen) atoms. The SMILES string of the molecule is CCCCCCCCCCCCCCCCCCCCCCCC/C=C/C(O)C(COP(=O)([O-])OCC[N+](C)(C)C)NC(=O)CCCCCCCCCCCCCCCCCCCCCCCCCCCCCCCCCCCCC. The highest BCUT2D eigenvalue weighted by atomic mass is 31.2. The Morgan fingerprint density at radius 2 is 0.667 bits per heavy atom. The van der Waals surface area contributed by atoms with E-state index in [0.717, 1.165) is 38.5 Å². The van der Waals surface area contributed by atoms with Crippen LogP contribution in [0.15, 0.2) is 12.2 Å². The second kappa shape index (κ2) is 63.7. The molecular formula is C72H145N2O6P. The molecule has 1 amide bonds. The van der Waals surface area contributed by atoms with Gasteiger partial charge in [-0.1, -0.05) is 379 Å². The molecule has 2 N–H and O–H groups in total. The Kier molecular flexibility index (Phi) is 63.1. The van der Waals surface area contributed by atoms with E-state index in [9.17, 15) is 19.4 Å². The molecular weight excluding hydrogens is 1020 g/mol. The number of phosphoric ester groups is 1. The van der Waals surface area contributed by atoms with Gasteiger partial charge in [0.1, 0.15) is 13.2 Å². The van der Waals surface area contributed by atoms with Crippen LogP contribution in [0.25, 0.3) is 0 Å². The van der Waals surface area contributed by atoms with Gasteiger partial charge >= 0.3 is 0 Å². The van der Waals surface area contributed by atoms with Crippen molar-refractivity contribution in [1.29, 1.82) is 0 Å². The monoisotopic (exact) mass is 1170 g/mol.